The van der Waals surface area contributed by atoms with Crippen LogP contribution in [-0.2, 0) is 4.79 Å². The minimum atomic E-state index is -0.751. The topological polar surface area (TPSA) is 52.3 Å². The molecule has 1 atom stereocenters. The van der Waals surface area contributed by atoms with Crippen molar-refractivity contribution < 1.29 is 9.53 Å². The fraction of sp³-hybridized carbons (Fsp3) is 0.0714. The minimum absolute atomic E-state index is 0.500. The Labute approximate surface area is 99.8 Å². The summed E-state index contributed by atoms with van der Waals surface area (Å²) < 4.78 is 5.59. The number of amides is 1. The molecule has 0 unspecified atom stereocenters. The van der Waals surface area contributed by atoms with Crippen LogP contribution in [0.15, 0.2) is 60.7 Å². The molecule has 2 rings (SSSR count). The number of carbonyl (C=O) groups excluding carboxylic acids is 1. The van der Waals surface area contributed by atoms with E-state index in [0.717, 1.165) is 5.56 Å². The third-order valence-electron chi connectivity index (χ3n) is 2.36. The van der Waals surface area contributed by atoms with Gasteiger partial charge in [-0.25, -0.2) is 0 Å². The number of benzene rings is 2. The molecular formula is C14H13NO2. The van der Waals surface area contributed by atoms with Crippen LogP contribution in [0.25, 0.3) is 0 Å². The lowest BCUT2D eigenvalue weighted by atomic mass is 10.1. The van der Waals surface area contributed by atoms with Gasteiger partial charge in [0.15, 0.2) is 0 Å². The van der Waals surface area contributed by atoms with Gasteiger partial charge in [-0.3, -0.25) is 4.79 Å². The van der Waals surface area contributed by atoms with E-state index in [0.29, 0.717) is 5.75 Å². The Balaban J connectivity index is 2.23. The smallest absolute Gasteiger partial charge is 0.263 e. The third kappa shape index (κ3) is 2.84. The summed E-state index contributed by atoms with van der Waals surface area (Å²) in [5, 5.41) is 0. The number of hydrogen-bond donors (Lipinski definition) is 1. The highest BCUT2D eigenvalue weighted by atomic mass is 16.5. The molecule has 17 heavy (non-hydrogen) atoms. The third-order valence-corrected chi connectivity index (χ3v) is 2.36. The molecule has 0 fully saturated rings. The van der Waals surface area contributed by atoms with Gasteiger partial charge in [-0.05, 0) is 12.1 Å². The van der Waals surface area contributed by atoms with Gasteiger partial charge in [0.25, 0.3) is 5.91 Å². The lowest BCUT2D eigenvalue weighted by Gasteiger charge is -2.16. The summed E-state index contributed by atoms with van der Waals surface area (Å²) in [7, 11) is 0. The predicted molar refractivity (Wildman–Crippen MR) is 65.4 cm³/mol. The first-order valence-corrected chi connectivity index (χ1v) is 5.33. The van der Waals surface area contributed by atoms with E-state index in [1.807, 2.05) is 48.5 Å². The predicted octanol–water partition coefficient (Wildman–Crippen LogP) is 2.29. The van der Waals surface area contributed by atoms with E-state index in [4.69, 9.17) is 10.5 Å². The van der Waals surface area contributed by atoms with Crippen LogP contribution in [0.1, 0.15) is 11.7 Å². The Hall–Kier alpha value is -2.29. The van der Waals surface area contributed by atoms with E-state index >= 15 is 0 Å². The van der Waals surface area contributed by atoms with Crippen LogP contribution in [0.5, 0.6) is 5.75 Å². The SMILES string of the molecule is NC(=O)[C@@H](Oc1ccccc1)c1ccccc1. The number of primary amides is 1. The summed E-state index contributed by atoms with van der Waals surface area (Å²) in [6.45, 7) is 0. The van der Waals surface area contributed by atoms with Gasteiger partial charge in [0.1, 0.15) is 5.75 Å². The number of ether oxygens (including phenoxy) is 1. The highest BCUT2D eigenvalue weighted by Crippen LogP contribution is 2.21. The summed E-state index contributed by atoms with van der Waals surface area (Å²) in [6, 6.07) is 18.4. The van der Waals surface area contributed by atoms with Crippen molar-refractivity contribution in [3.8, 4) is 5.75 Å². The van der Waals surface area contributed by atoms with Gasteiger partial charge in [0, 0.05) is 5.56 Å². The van der Waals surface area contributed by atoms with Crippen molar-refractivity contribution in [2.24, 2.45) is 5.73 Å². The van der Waals surface area contributed by atoms with Crippen LogP contribution in [-0.4, -0.2) is 5.91 Å². The van der Waals surface area contributed by atoms with E-state index in [1.54, 1.807) is 12.1 Å². The van der Waals surface area contributed by atoms with Crippen LogP contribution in [0.2, 0.25) is 0 Å². The van der Waals surface area contributed by atoms with E-state index in [1.165, 1.54) is 0 Å². The zero-order valence-corrected chi connectivity index (χ0v) is 9.24. The maximum absolute atomic E-state index is 11.4. The zero-order valence-electron chi connectivity index (χ0n) is 9.24. The molecule has 86 valence electrons. The average Bonchev–Trinajstić information content (AvgIpc) is 2.38. The second kappa shape index (κ2) is 5.16. The summed E-state index contributed by atoms with van der Waals surface area (Å²) >= 11 is 0. The summed E-state index contributed by atoms with van der Waals surface area (Å²) in [5.41, 5.74) is 6.11. The standard InChI is InChI=1S/C14H13NO2/c15-14(16)13(11-7-3-1-4-8-11)17-12-9-5-2-6-10-12/h1-10,13H,(H2,15,16)/t13-/m0/s1. The van der Waals surface area contributed by atoms with Gasteiger partial charge in [-0.2, -0.15) is 0 Å². The first-order valence-electron chi connectivity index (χ1n) is 5.33. The maximum Gasteiger partial charge on any atom is 0.263 e. The molecule has 2 N–H and O–H groups in total. The number of para-hydroxylation sites is 1. The molecule has 0 spiro atoms. The molecular weight excluding hydrogens is 214 g/mol. The molecule has 0 saturated carbocycles. The van der Waals surface area contributed by atoms with Gasteiger partial charge in [-0.15, -0.1) is 0 Å². The summed E-state index contributed by atoms with van der Waals surface area (Å²) in [5.74, 6) is 0.125. The first-order chi connectivity index (χ1) is 8.27. The van der Waals surface area contributed by atoms with Crippen LogP contribution >= 0.6 is 0 Å². The Kier molecular flexibility index (Phi) is 3.40. The fourth-order valence-electron chi connectivity index (χ4n) is 1.55. The molecule has 0 radical (unpaired) electrons. The van der Waals surface area contributed by atoms with Crippen molar-refractivity contribution in [2.75, 3.05) is 0 Å². The highest BCUT2D eigenvalue weighted by molar-refractivity contribution is 5.80. The molecule has 2 aromatic rings. The molecule has 0 aliphatic carbocycles. The quantitative estimate of drug-likeness (QED) is 0.871. The maximum atomic E-state index is 11.4. The minimum Gasteiger partial charge on any atom is -0.476 e. The van der Waals surface area contributed by atoms with E-state index in [9.17, 15) is 4.79 Å². The van der Waals surface area contributed by atoms with Crippen molar-refractivity contribution in [1.82, 2.24) is 0 Å². The highest BCUT2D eigenvalue weighted by Gasteiger charge is 2.19. The summed E-state index contributed by atoms with van der Waals surface area (Å²) in [6.07, 6.45) is -0.751. The van der Waals surface area contributed by atoms with Crippen LogP contribution in [0.3, 0.4) is 0 Å². The largest absolute Gasteiger partial charge is 0.476 e. The Morgan fingerprint density at radius 2 is 1.47 bits per heavy atom. The van der Waals surface area contributed by atoms with Gasteiger partial charge in [0.05, 0.1) is 0 Å². The Morgan fingerprint density at radius 3 is 2.00 bits per heavy atom. The van der Waals surface area contributed by atoms with Gasteiger partial charge >= 0.3 is 0 Å². The first kappa shape index (κ1) is 11.2. The number of rotatable bonds is 4. The van der Waals surface area contributed by atoms with Crippen molar-refractivity contribution in [3.63, 3.8) is 0 Å². The number of hydrogen-bond acceptors (Lipinski definition) is 2. The lowest BCUT2D eigenvalue weighted by molar-refractivity contribution is -0.125. The van der Waals surface area contributed by atoms with Crippen molar-refractivity contribution in [1.29, 1.82) is 0 Å². The number of nitrogens with two attached hydrogens (primary N) is 1. The van der Waals surface area contributed by atoms with Crippen molar-refractivity contribution in [2.45, 2.75) is 6.10 Å². The van der Waals surface area contributed by atoms with Crippen LogP contribution in [0.4, 0.5) is 0 Å². The zero-order chi connectivity index (χ0) is 12.1. The average molecular weight is 227 g/mol. The fourth-order valence-corrected chi connectivity index (χ4v) is 1.55. The van der Waals surface area contributed by atoms with Gasteiger partial charge in [-0.1, -0.05) is 48.5 Å². The summed E-state index contributed by atoms with van der Waals surface area (Å²) in [4.78, 5) is 11.4. The van der Waals surface area contributed by atoms with Gasteiger partial charge < -0.3 is 10.5 Å². The molecule has 0 heterocycles. The van der Waals surface area contributed by atoms with Crippen molar-refractivity contribution >= 4 is 5.91 Å². The van der Waals surface area contributed by atoms with Crippen LogP contribution in [0, 0.1) is 0 Å². The molecule has 2 aromatic carbocycles. The molecule has 0 aliphatic rings. The molecule has 1 amide bonds. The van der Waals surface area contributed by atoms with E-state index in [-0.39, 0.29) is 0 Å². The van der Waals surface area contributed by atoms with Crippen molar-refractivity contribution in [3.05, 3.63) is 66.2 Å². The second-order valence-corrected chi connectivity index (χ2v) is 3.62. The van der Waals surface area contributed by atoms with E-state index in [2.05, 4.69) is 0 Å². The van der Waals surface area contributed by atoms with E-state index < -0.39 is 12.0 Å². The molecule has 0 bridgehead atoms. The Bertz CT molecular complexity index is 482. The molecule has 0 aliphatic heterocycles. The second-order valence-electron chi connectivity index (χ2n) is 3.62. The van der Waals surface area contributed by atoms with Crippen LogP contribution < -0.4 is 10.5 Å². The molecule has 0 aromatic heterocycles. The molecule has 0 saturated heterocycles. The normalized spacial score (nSPS) is 11.8. The molecule has 3 nitrogen and oxygen atoms in total. The Morgan fingerprint density at radius 1 is 0.941 bits per heavy atom. The lowest BCUT2D eigenvalue weighted by Crippen LogP contribution is -2.26. The molecule has 3 heteroatoms. The monoisotopic (exact) mass is 227 g/mol. The van der Waals surface area contributed by atoms with Gasteiger partial charge in [0.2, 0.25) is 6.10 Å². The number of carbonyl (C=O) groups is 1.